The van der Waals surface area contributed by atoms with Gasteiger partial charge in [0, 0.05) is 18.8 Å². The average molecular weight is 290 g/mol. The van der Waals surface area contributed by atoms with Crippen molar-refractivity contribution in [3.63, 3.8) is 0 Å². The summed E-state index contributed by atoms with van der Waals surface area (Å²) in [5, 5.41) is 11.3. The Hall–Kier alpha value is -2.18. The number of hydrogen-bond donors (Lipinski definition) is 1. The SMILES string of the molecule is CCCn1ncnc1C(C)NC(=O)c1cnn(CC)c1C. The zero-order valence-electron chi connectivity index (χ0n) is 13.0. The van der Waals surface area contributed by atoms with E-state index in [-0.39, 0.29) is 11.9 Å². The molecular formula is C14H22N6O. The third-order valence-electron chi connectivity index (χ3n) is 3.46. The van der Waals surface area contributed by atoms with E-state index in [0.29, 0.717) is 5.56 Å². The summed E-state index contributed by atoms with van der Waals surface area (Å²) in [6, 6.07) is -0.198. The molecule has 0 radical (unpaired) electrons. The summed E-state index contributed by atoms with van der Waals surface area (Å²) in [6.45, 7) is 9.43. The van der Waals surface area contributed by atoms with Gasteiger partial charge in [-0.3, -0.25) is 9.48 Å². The molecule has 114 valence electrons. The lowest BCUT2D eigenvalue weighted by molar-refractivity contribution is 0.0936. The van der Waals surface area contributed by atoms with Crippen LogP contribution in [0.1, 0.15) is 55.1 Å². The first-order valence-corrected chi connectivity index (χ1v) is 7.29. The molecule has 7 nitrogen and oxygen atoms in total. The molecule has 0 aliphatic carbocycles. The molecule has 0 saturated heterocycles. The van der Waals surface area contributed by atoms with Gasteiger partial charge in [-0.2, -0.15) is 10.2 Å². The molecule has 2 rings (SSSR count). The molecule has 0 bridgehead atoms. The Morgan fingerprint density at radius 2 is 2.10 bits per heavy atom. The lowest BCUT2D eigenvalue weighted by Crippen LogP contribution is -2.29. The van der Waals surface area contributed by atoms with Crippen LogP contribution in [0.15, 0.2) is 12.5 Å². The van der Waals surface area contributed by atoms with Crippen molar-refractivity contribution in [2.45, 2.75) is 53.2 Å². The average Bonchev–Trinajstić information content (AvgIpc) is 3.05. The quantitative estimate of drug-likeness (QED) is 0.878. The summed E-state index contributed by atoms with van der Waals surface area (Å²) in [5.74, 6) is 0.636. The Kier molecular flexibility index (Phi) is 4.72. The molecule has 0 fully saturated rings. The van der Waals surface area contributed by atoms with Crippen LogP contribution in [0, 0.1) is 6.92 Å². The van der Waals surface area contributed by atoms with Crippen LogP contribution in [-0.2, 0) is 13.1 Å². The monoisotopic (exact) mass is 290 g/mol. The van der Waals surface area contributed by atoms with Crippen molar-refractivity contribution in [2.75, 3.05) is 0 Å². The molecule has 0 aliphatic heterocycles. The van der Waals surface area contributed by atoms with Crippen molar-refractivity contribution in [1.82, 2.24) is 29.9 Å². The van der Waals surface area contributed by atoms with Crippen molar-refractivity contribution in [2.24, 2.45) is 0 Å². The molecule has 1 N–H and O–H groups in total. The van der Waals surface area contributed by atoms with E-state index in [9.17, 15) is 4.79 Å². The van der Waals surface area contributed by atoms with Crippen LogP contribution in [0.25, 0.3) is 0 Å². The fourth-order valence-corrected chi connectivity index (χ4v) is 2.32. The van der Waals surface area contributed by atoms with Crippen LogP contribution in [0.4, 0.5) is 0 Å². The Balaban J connectivity index is 2.11. The highest BCUT2D eigenvalue weighted by Gasteiger charge is 2.19. The van der Waals surface area contributed by atoms with Gasteiger partial charge in [0.2, 0.25) is 0 Å². The van der Waals surface area contributed by atoms with Crippen LogP contribution < -0.4 is 5.32 Å². The van der Waals surface area contributed by atoms with Gasteiger partial charge in [-0.05, 0) is 27.2 Å². The van der Waals surface area contributed by atoms with Crippen LogP contribution in [0.5, 0.6) is 0 Å². The number of nitrogens with zero attached hydrogens (tertiary/aromatic N) is 5. The number of hydrogen-bond acceptors (Lipinski definition) is 4. The minimum Gasteiger partial charge on any atom is -0.342 e. The molecule has 2 heterocycles. The first-order chi connectivity index (χ1) is 10.1. The Morgan fingerprint density at radius 1 is 1.33 bits per heavy atom. The lowest BCUT2D eigenvalue weighted by Gasteiger charge is -2.14. The summed E-state index contributed by atoms with van der Waals surface area (Å²) in [7, 11) is 0. The van der Waals surface area contributed by atoms with Gasteiger partial charge < -0.3 is 5.32 Å². The fraction of sp³-hybridized carbons (Fsp3) is 0.571. The van der Waals surface area contributed by atoms with E-state index >= 15 is 0 Å². The van der Waals surface area contributed by atoms with Crippen LogP contribution >= 0.6 is 0 Å². The van der Waals surface area contributed by atoms with Crippen molar-refractivity contribution in [3.8, 4) is 0 Å². The number of aryl methyl sites for hydroxylation is 2. The number of nitrogens with one attached hydrogen (secondary N) is 1. The predicted molar refractivity (Wildman–Crippen MR) is 78.8 cm³/mol. The van der Waals surface area contributed by atoms with E-state index in [1.807, 2.05) is 25.5 Å². The van der Waals surface area contributed by atoms with Gasteiger partial charge in [0.05, 0.1) is 17.8 Å². The second-order valence-electron chi connectivity index (χ2n) is 5.00. The molecule has 21 heavy (non-hydrogen) atoms. The molecule has 2 aromatic heterocycles. The molecule has 1 unspecified atom stereocenters. The maximum absolute atomic E-state index is 12.3. The number of amides is 1. The topological polar surface area (TPSA) is 77.6 Å². The van der Waals surface area contributed by atoms with Crippen molar-refractivity contribution < 1.29 is 4.79 Å². The van der Waals surface area contributed by atoms with Gasteiger partial charge in [0.25, 0.3) is 5.91 Å². The van der Waals surface area contributed by atoms with Gasteiger partial charge in [0.15, 0.2) is 0 Å². The van der Waals surface area contributed by atoms with Gasteiger partial charge in [-0.1, -0.05) is 6.92 Å². The number of carbonyl (C=O) groups is 1. The molecule has 0 spiro atoms. The van der Waals surface area contributed by atoms with E-state index in [4.69, 9.17) is 0 Å². The Labute approximate surface area is 124 Å². The van der Waals surface area contributed by atoms with Gasteiger partial charge in [0.1, 0.15) is 12.2 Å². The third kappa shape index (κ3) is 3.12. The molecule has 0 aromatic carbocycles. The minimum absolute atomic E-state index is 0.134. The minimum atomic E-state index is -0.198. The third-order valence-corrected chi connectivity index (χ3v) is 3.46. The molecule has 0 aliphatic rings. The van der Waals surface area contributed by atoms with Crippen molar-refractivity contribution >= 4 is 5.91 Å². The highest BCUT2D eigenvalue weighted by molar-refractivity contribution is 5.95. The lowest BCUT2D eigenvalue weighted by atomic mass is 10.2. The number of carbonyl (C=O) groups excluding carboxylic acids is 1. The van der Waals surface area contributed by atoms with Crippen LogP contribution in [0.3, 0.4) is 0 Å². The maximum atomic E-state index is 12.3. The molecule has 7 heteroatoms. The maximum Gasteiger partial charge on any atom is 0.255 e. The van der Waals surface area contributed by atoms with E-state index < -0.39 is 0 Å². The van der Waals surface area contributed by atoms with Gasteiger partial charge in [-0.25, -0.2) is 9.67 Å². The summed E-state index contributed by atoms with van der Waals surface area (Å²) < 4.78 is 3.63. The van der Waals surface area contributed by atoms with Crippen LogP contribution in [-0.4, -0.2) is 30.5 Å². The normalized spacial score (nSPS) is 12.4. The largest absolute Gasteiger partial charge is 0.342 e. The second-order valence-corrected chi connectivity index (χ2v) is 5.00. The number of aromatic nitrogens is 5. The summed E-state index contributed by atoms with van der Waals surface area (Å²) in [5.41, 5.74) is 1.47. The van der Waals surface area contributed by atoms with Crippen LogP contribution in [0.2, 0.25) is 0 Å². The molecule has 1 amide bonds. The molecule has 2 aromatic rings. The summed E-state index contributed by atoms with van der Waals surface area (Å²) in [6.07, 6.45) is 4.10. The first-order valence-electron chi connectivity index (χ1n) is 7.29. The highest BCUT2D eigenvalue weighted by atomic mass is 16.1. The fourth-order valence-electron chi connectivity index (χ4n) is 2.32. The second kappa shape index (κ2) is 6.51. The predicted octanol–water partition coefficient (Wildman–Crippen LogP) is 1.70. The first kappa shape index (κ1) is 15.2. The summed E-state index contributed by atoms with van der Waals surface area (Å²) in [4.78, 5) is 16.6. The summed E-state index contributed by atoms with van der Waals surface area (Å²) >= 11 is 0. The Bertz CT molecular complexity index is 615. The number of rotatable bonds is 6. The van der Waals surface area contributed by atoms with Gasteiger partial charge in [-0.15, -0.1) is 0 Å². The van der Waals surface area contributed by atoms with Crippen molar-refractivity contribution in [3.05, 3.63) is 29.6 Å². The van der Waals surface area contributed by atoms with E-state index in [0.717, 1.165) is 31.0 Å². The van der Waals surface area contributed by atoms with E-state index in [1.54, 1.807) is 10.9 Å². The van der Waals surface area contributed by atoms with Gasteiger partial charge >= 0.3 is 0 Å². The standard InChI is InChI=1S/C14H22N6O/c1-5-7-20-13(15-9-17-20)10(3)18-14(21)12-8-16-19(6-2)11(12)4/h8-10H,5-7H2,1-4H3,(H,18,21). The Morgan fingerprint density at radius 3 is 2.71 bits per heavy atom. The zero-order chi connectivity index (χ0) is 15.4. The molecular weight excluding hydrogens is 268 g/mol. The molecule has 1 atom stereocenters. The molecule has 0 saturated carbocycles. The zero-order valence-corrected chi connectivity index (χ0v) is 13.0. The van der Waals surface area contributed by atoms with E-state index in [2.05, 4.69) is 27.4 Å². The smallest absolute Gasteiger partial charge is 0.255 e. The van der Waals surface area contributed by atoms with E-state index in [1.165, 1.54) is 6.33 Å². The highest BCUT2D eigenvalue weighted by Crippen LogP contribution is 2.12. The van der Waals surface area contributed by atoms with Crippen molar-refractivity contribution in [1.29, 1.82) is 0 Å².